The summed E-state index contributed by atoms with van der Waals surface area (Å²) in [6, 6.07) is 0. The fourth-order valence-electron chi connectivity index (χ4n) is 1.97. The Morgan fingerprint density at radius 1 is 1.55 bits per heavy atom. The third kappa shape index (κ3) is 6.23. The van der Waals surface area contributed by atoms with Crippen LogP contribution in [0.15, 0.2) is 12.3 Å². The van der Waals surface area contributed by atoms with Crippen LogP contribution in [0.25, 0.3) is 0 Å². The van der Waals surface area contributed by atoms with Gasteiger partial charge in [-0.15, -0.1) is 12.4 Å². The van der Waals surface area contributed by atoms with Gasteiger partial charge in [-0.1, -0.05) is 26.7 Å². The molecule has 2 atom stereocenters. The molecule has 1 heterocycles. The van der Waals surface area contributed by atoms with Crippen LogP contribution < -0.4 is 11.1 Å². The highest BCUT2D eigenvalue weighted by Gasteiger charge is 2.48. The van der Waals surface area contributed by atoms with Gasteiger partial charge in [0.05, 0.1) is 19.5 Å². The number of halogens is 1. The van der Waals surface area contributed by atoms with E-state index in [1.807, 2.05) is 0 Å². The molecule has 0 aliphatic carbocycles. The highest BCUT2D eigenvalue weighted by Crippen LogP contribution is 2.21. The lowest BCUT2D eigenvalue weighted by Gasteiger charge is -2.25. The van der Waals surface area contributed by atoms with E-state index in [4.69, 9.17) is 15.2 Å². The summed E-state index contributed by atoms with van der Waals surface area (Å²) in [7, 11) is 0. The molecule has 0 radical (unpaired) electrons. The number of unbranched alkanes of at least 4 members (excludes halogenated alkanes) is 2. The lowest BCUT2D eigenvalue weighted by atomic mass is 9.98. The topological polar surface area (TPSA) is 90.6 Å². The van der Waals surface area contributed by atoms with Gasteiger partial charge in [0.1, 0.15) is 0 Å². The summed E-state index contributed by atoms with van der Waals surface area (Å²) in [5, 5.41) is 2.56. The first kappa shape index (κ1) is 20.7. The molecule has 0 unspecified atom stereocenters. The molecule has 1 saturated heterocycles. The number of cyclic esters (lactones) is 1. The van der Waals surface area contributed by atoms with Crippen LogP contribution in [-0.4, -0.2) is 30.8 Å². The molecule has 3 N–H and O–H groups in total. The third-order valence-corrected chi connectivity index (χ3v) is 3.52. The van der Waals surface area contributed by atoms with Crippen molar-refractivity contribution < 1.29 is 19.1 Å². The van der Waals surface area contributed by atoms with Crippen LogP contribution in [0.1, 0.15) is 46.0 Å². The van der Waals surface area contributed by atoms with Crippen molar-refractivity contribution in [1.29, 1.82) is 0 Å². The van der Waals surface area contributed by atoms with Gasteiger partial charge >= 0.3 is 5.97 Å². The molecule has 7 heteroatoms. The first-order chi connectivity index (χ1) is 10.0. The minimum atomic E-state index is -1.39. The molecule has 0 aromatic heterocycles. The molecule has 1 fully saturated rings. The van der Waals surface area contributed by atoms with Crippen molar-refractivity contribution in [3.05, 3.63) is 12.3 Å². The van der Waals surface area contributed by atoms with Gasteiger partial charge in [-0.05, 0) is 18.9 Å². The Labute approximate surface area is 138 Å². The molecular weight excluding hydrogens is 308 g/mol. The van der Waals surface area contributed by atoms with Gasteiger partial charge in [0.2, 0.25) is 5.91 Å². The number of amides is 1. The van der Waals surface area contributed by atoms with Crippen molar-refractivity contribution in [2.24, 2.45) is 11.7 Å². The molecule has 6 nitrogen and oxygen atoms in total. The summed E-state index contributed by atoms with van der Waals surface area (Å²) >= 11 is 0. The number of carbonyl (C=O) groups is 2. The molecule has 1 amide bonds. The van der Waals surface area contributed by atoms with Crippen LogP contribution in [0.2, 0.25) is 0 Å². The van der Waals surface area contributed by atoms with Crippen LogP contribution in [0.3, 0.4) is 0 Å². The number of rotatable bonds is 9. The van der Waals surface area contributed by atoms with Gasteiger partial charge in [-0.3, -0.25) is 10.5 Å². The molecule has 0 aromatic carbocycles. The van der Waals surface area contributed by atoms with E-state index in [9.17, 15) is 9.59 Å². The van der Waals surface area contributed by atoms with Gasteiger partial charge < -0.3 is 14.8 Å². The zero-order valence-electron chi connectivity index (χ0n) is 13.3. The van der Waals surface area contributed by atoms with Crippen molar-refractivity contribution >= 4 is 24.3 Å². The van der Waals surface area contributed by atoms with Gasteiger partial charge in [0.15, 0.2) is 5.66 Å². The number of hydrogen-bond donors (Lipinski definition) is 2. The molecule has 0 spiro atoms. The maximum Gasteiger partial charge on any atom is 0.347 e. The van der Waals surface area contributed by atoms with E-state index in [-0.39, 0.29) is 37.3 Å². The zero-order valence-corrected chi connectivity index (χ0v) is 14.1. The molecule has 1 aliphatic heterocycles. The second-order valence-electron chi connectivity index (χ2n) is 5.41. The minimum Gasteiger partial charge on any atom is -0.502 e. The van der Waals surface area contributed by atoms with Gasteiger partial charge in [-0.25, -0.2) is 4.79 Å². The summed E-state index contributed by atoms with van der Waals surface area (Å²) in [5.74, 6) is -1.07. The van der Waals surface area contributed by atoms with E-state index >= 15 is 0 Å². The SMILES string of the molecule is CCCCCOC=CCCC(=O)N[C@]1(N)C(=O)OC[C@H]1C.Cl. The average Bonchev–Trinajstić information content (AvgIpc) is 2.69. The fourth-order valence-corrected chi connectivity index (χ4v) is 1.97. The highest BCUT2D eigenvalue weighted by atomic mass is 35.5. The highest BCUT2D eigenvalue weighted by molar-refractivity contribution is 5.89. The van der Waals surface area contributed by atoms with Crippen molar-refractivity contribution in [1.82, 2.24) is 5.32 Å². The van der Waals surface area contributed by atoms with E-state index < -0.39 is 11.6 Å². The minimum absolute atomic E-state index is 0. The largest absolute Gasteiger partial charge is 0.502 e. The predicted octanol–water partition coefficient (Wildman–Crippen LogP) is 1.87. The van der Waals surface area contributed by atoms with Gasteiger partial charge in [0.25, 0.3) is 0 Å². The van der Waals surface area contributed by atoms with Crippen molar-refractivity contribution in [2.75, 3.05) is 13.2 Å². The number of carbonyl (C=O) groups excluding carboxylic acids is 2. The first-order valence-electron chi connectivity index (χ1n) is 7.54. The Hall–Kier alpha value is -1.27. The number of allylic oxidation sites excluding steroid dienone is 1. The standard InChI is InChI=1S/C15H26N2O4.ClH/c1-3-4-6-9-20-10-7-5-8-13(18)17-15(16)12(2)11-21-14(15)19;/h7,10,12H,3-6,8-9,11,16H2,1-2H3,(H,17,18);1H/t12-,15+;/m1./s1. The van der Waals surface area contributed by atoms with Crippen LogP contribution in [0, 0.1) is 5.92 Å². The molecule has 128 valence electrons. The molecular formula is C15H27ClN2O4. The maximum absolute atomic E-state index is 11.8. The van der Waals surface area contributed by atoms with Crippen molar-refractivity contribution in [3.63, 3.8) is 0 Å². The second kappa shape index (κ2) is 10.5. The van der Waals surface area contributed by atoms with E-state index in [2.05, 4.69) is 12.2 Å². The molecule has 0 saturated carbocycles. The molecule has 1 aliphatic rings. The summed E-state index contributed by atoms with van der Waals surface area (Å²) < 4.78 is 10.2. The Kier molecular flexibility index (Phi) is 9.85. The summed E-state index contributed by atoms with van der Waals surface area (Å²) in [6.07, 6.45) is 7.57. The van der Waals surface area contributed by atoms with Gasteiger partial charge in [-0.2, -0.15) is 0 Å². The average molecular weight is 335 g/mol. The van der Waals surface area contributed by atoms with Crippen molar-refractivity contribution in [2.45, 2.75) is 51.6 Å². The third-order valence-electron chi connectivity index (χ3n) is 3.52. The Morgan fingerprint density at radius 3 is 2.86 bits per heavy atom. The summed E-state index contributed by atoms with van der Waals surface area (Å²) in [6.45, 7) is 4.85. The predicted molar refractivity (Wildman–Crippen MR) is 86.3 cm³/mol. The zero-order chi connectivity index (χ0) is 15.7. The fraction of sp³-hybridized carbons (Fsp3) is 0.733. The maximum atomic E-state index is 11.8. The number of nitrogens with one attached hydrogen (secondary N) is 1. The lowest BCUT2D eigenvalue weighted by molar-refractivity contribution is -0.145. The van der Waals surface area contributed by atoms with Gasteiger partial charge in [0, 0.05) is 12.3 Å². The van der Waals surface area contributed by atoms with E-state index in [1.165, 1.54) is 0 Å². The second-order valence-corrected chi connectivity index (χ2v) is 5.41. The first-order valence-corrected chi connectivity index (χ1v) is 7.54. The number of esters is 1. The molecule has 0 aromatic rings. The molecule has 1 rings (SSSR count). The Morgan fingerprint density at radius 2 is 2.27 bits per heavy atom. The Bertz CT molecular complexity index is 390. The van der Waals surface area contributed by atoms with Crippen LogP contribution in [-0.2, 0) is 19.1 Å². The monoisotopic (exact) mass is 334 g/mol. The molecule has 22 heavy (non-hydrogen) atoms. The van der Waals surface area contributed by atoms with Crippen LogP contribution in [0.4, 0.5) is 0 Å². The van der Waals surface area contributed by atoms with Crippen LogP contribution >= 0.6 is 12.4 Å². The van der Waals surface area contributed by atoms with Crippen LogP contribution in [0.5, 0.6) is 0 Å². The number of nitrogens with two attached hydrogens (primary N) is 1. The smallest absolute Gasteiger partial charge is 0.347 e. The molecule has 0 bridgehead atoms. The normalized spacial score (nSPS) is 24.0. The quantitative estimate of drug-likeness (QED) is 0.291. The van der Waals surface area contributed by atoms with E-state index in [1.54, 1.807) is 19.3 Å². The number of ether oxygens (including phenoxy) is 2. The Balaban J connectivity index is 0.00000441. The van der Waals surface area contributed by atoms with E-state index in [0.717, 1.165) is 19.3 Å². The summed E-state index contributed by atoms with van der Waals surface area (Å²) in [4.78, 5) is 23.3. The lowest BCUT2D eigenvalue weighted by Crippen LogP contribution is -2.62. The van der Waals surface area contributed by atoms with E-state index in [0.29, 0.717) is 13.0 Å². The van der Waals surface area contributed by atoms with Crippen molar-refractivity contribution in [3.8, 4) is 0 Å². The summed E-state index contributed by atoms with van der Waals surface area (Å²) in [5.41, 5.74) is 4.50. The number of hydrogen-bond acceptors (Lipinski definition) is 5.